The van der Waals surface area contributed by atoms with Crippen molar-refractivity contribution in [1.29, 1.82) is 0 Å². The molecule has 132 valence electrons. The summed E-state index contributed by atoms with van der Waals surface area (Å²) in [5.41, 5.74) is 1.69. The van der Waals surface area contributed by atoms with E-state index in [0.29, 0.717) is 15.8 Å². The van der Waals surface area contributed by atoms with Crippen molar-refractivity contribution in [2.75, 3.05) is 0 Å². The number of hydrogen-bond acceptors (Lipinski definition) is 2. The van der Waals surface area contributed by atoms with Crippen LogP contribution >= 0.6 is 23.2 Å². The molecule has 1 fully saturated rings. The van der Waals surface area contributed by atoms with E-state index in [1.165, 1.54) is 0 Å². The highest BCUT2D eigenvalue weighted by Crippen LogP contribution is 2.27. The van der Waals surface area contributed by atoms with Gasteiger partial charge < -0.3 is 9.47 Å². The van der Waals surface area contributed by atoms with Gasteiger partial charge >= 0.3 is 6.54 Å². The van der Waals surface area contributed by atoms with Gasteiger partial charge in [0.25, 0.3) is 0 Å². The maximum absolute atomic E-state index is 13.8. The highest BCUT2D eigenvalue weighted by molar-refractivity contribution is 6.37. The lowest BCUT2D eigenvalue weighted by Gasteiger charge is -2.16. The van der Waals surface area contributed by atoms with E-state index in [1.54, 1.807) is 30.3 Å². The number of halogens is 3. The molecule has 5 heteroatoms. The van der Waals surface area contributed by atoms with Crippen molar-refractivity contribution in [3.63, 3.8) is 0 Å². The lowest BCUT2D eigenvalue weighted by atomic mass is 10.1. The molecule has 1 saturated carbocycles. The predicted octanol–water partition coefficient (Wildman–Crippen LogP) is 6.75. The minimum atomic E-state index is -1.73. The molecule has 0 heterocycles. The zero-order valence-electron chi connectivity index (χ0n) is 13.6. The summed E-state index contributed by atoms with van der Waals surface area (Å²) in [5.74, 6) is 0.429. The molecule has 25 heavy (non-hydrogen) atoms. The Hall–Kier alpha value is -1.55. The predicted molar refractivity (Wildman–Crippen MR) is 101 cm³/mol. The van der Waals surface area contributed by atoms with Crippen LogP contribution in [-0.2, 0) is 4.74 Å². The average molecular weight is 381 g/mol. The molecule has 3 rings (SSSR count). The minimum Gasteiger partial charge on any atom is -0.438 e. The van der Waals surface area contributed by atoms with Crippen molar-refractivity contribution in [3.05, 3.63) is 63.6 Å². The van der Waals surface area contributed by atoms with Crippen molar-refractivity contribution in [2.24, 2.45) is 0 Å². The number of benzene rings is 2. The first kappa shape index (κ1) is 18.2. The van der Waals surface area contributed by atoms with Gasteiger partial charge in [-0.3, -0.25) is 0 Å². The molecular formula is C20H19Cl2FO2. The van der Waals surface area contributed by atoms with E-state index < -0.39 is 6.54 Å². The third-order valence-electron chi connectivity index (χ3n) is 4.15. The zero-order chi connectivity index (χ0) is 17.6. The fourth-order valence-electron chi connectivity index (χ4n) is 2.82. The van der Waals surface area contributed by atoms with Crippen LogP contribution in [0.15, 0.2) is 42.5 Å². The molecule has 0 aromatic heterocycles. The molecule has 2 aromatic rings. The molecule has 0 spiro atoms. The first-order valence-electron chi connectivity index (χ1n) is 8.30. The topological polar surface area (TPSA) is 18.5 Å². The maximum Gasteiger partial charge on any atom is 0.353 e. The molecule has 0 radical (unpaired) electrons. The highest BCUT2D eigenvalue weighted by Gasteiger charge is 2.20. The third kappa shape index (κ3) is 5.21. The second-order valence-corrected chi connectivity index (χ2v) is 6.79. The molecule has 2 nitrogen and oxygen atoms in total. The molecule has 0 bridgehead atoms. The first-order valence-corrected chi connectivity index (χ1v) is 9.06. The molecule has 1 aliphatic carbocycles. The van der Waals surface area contributed by atoms with Crippen LogP contribution < -0.4 is 4.74 Å². The molecular weight excluding hydrogens is 362 g/mol. The number of hydrogen-bond donors (Lipinski definition) is 0. The Labute approximate surface area is 157 Å². The van der Waals surface area contributed by atoms with Crippen LogP contribution in [0, 0.1) is 0 Å². The van der Waals surface area contributed by atoms with Crippen LogP contribution in [0.2, 0.25) is 10.0 Å². The molecule has 1 aliphatic rings. The van der Waals surface area contributed by atoms with Crippen LogP contribution in [0.3, 0.4) is 0 Å². The van der Waals surface area contributed by atoms with Gasteiger partial charge in [0.15, 0.2) is 0 Å². The van der Waals surface area contributed by atoms with Crippen molar-refractivity contribution in [3.8, 4) is 5.75 Å². The average Bonchev–Trinajstić information content (AvgIpc) is 3.08. The van der Waals surface area contributed by atoms with Gasteiger partial charge in [-0.2, -0.15) is 4.39 Å². The number of alkyl halides is 1. The molecule has 0 amide bonds. The maximum atomic E-state index is 13.8. The monoisotopic (exact) mass is 380 g/mol. The molecule has 0 saturated heterocycles. The minimum absolute atomic E-state index is 0.0300. The summed E-state index contributed by atoms with van der Waals surface area (Å²) in [4.78, 5) is 0. The van der Waals surface area contributed by atoms with Crippen LogP contribution in [0.1, 0.15) is 36.8 Å². The number of rotatable bonds is 6. The standard InChI is InChI=1S/C20H19Cl2FO2/c21-18-6-3-7-19(22)17(18)13-10-14-8-11-16(12-9-14)25-20(23)24-15-4-1-2-5-15/h3,6-13,15,20H,1-2,4-5H2/b13-10+. The van der Waals surface area contributed by atoms with Crippen LogP contribution in [0.4, 0.5) is 4.39 Å². The van der Waals surface area contributed by atoms with E-state index >= 15 is 0 Å². The molecule has 0 N–H and O–H groups in total. The van der Waals surface area contributed by atoms with Crippen LogP contribution in [-0.4, -0.2) is 12.6 Å². The fraction of sp³-hybridized carbons (Fsp3) is 0.300. The van der Waals surface area contributed by atoms with Crippen molar-refractivity contribution in [1.82, 2.24) is 0 Å². The summed E-state index contributed by atoms with van der Waals surface area (Å²) < 4.78 is 24.2. The molecule has 1 unspecified atom stereocenters. The van der Waals surface area contributed by atoms with Gasteiger partial charge in [-0.1, -0.05) is 66.4 Å². The summed E-state index contributed by atoms with van der Waals surface area (Å²) in [5, 5.41) is 1.18. The summed E-state index contributed by atoms with van der Waals surface area (Å²) in [6.07, 6.45) is 7.69. The second-order valence-electron chi connectivity index (χ2n) is 5.97. The lowest BCUT2D eigenvalue weighted by molar-refractivity contribution is -0.192. The normalized spacial score (nSPS) is 16.4. The Morgan fingerprint density at radius 1 is 0.960 bits per heavy atom. The van der Waals surface area contributed by atoms with E-state index in [9.17, 15) is 4.39 Å². The van der Waals surface area contributed by atoms with Crippen LogP contribution in [0.25, 0.3) is 12.2 Å². The SMILES string of the molecule is FC(Oc1ccc(/C=C/c2c(Cl)cccc2Cl)cc1)OC1CCCC1. The van der Waals surface area contributed by atoms with Gasteiger partial charge in [0, 0.05) is 15.6 Å². The highest BCUT2D eigenvalue weighted by atomic mass is 35.5. The zero-order valence-corrected chi connectivity index (χ0v) is 15.1. The van der Waals surface area contributed by atoms with E-state index in [2.05, 4.69) is 0 Å². The Balaban J connectivity index is 1.59. The van der Waals surface area contributed by atoms with Gasteiger partial charge in [0.2, 0.25) is 0 Å². The summed E-state index contributed by atoms with van der Waals surface area (Å²) >= 11 is 12.3. The van der Waals surface area contributed by atoms with Crippen LogP contribution in [0.5, 0.6) is 5.75 Å². The second kappa shape index (κ2) is 8.70. The molecule has 0 aliphatic heterocycles. The van der Waals surface area contributed by atoms with Gasteiger partial charge in [-0.05, 0) is 42.7 Å². The Kier molecular flexibility index (Phi) is 6.35. The Morgan fingerprint density at radius 2 is 1.60 bits per heavy atom. The van der Waals surface area contributed by atoms with E-state index in [-0.39, 0.29) is 6.10 Å². The van der Waals surface area contributed by atoms with Gasteiger partial charge in [-0.25, -0.2) is 0 Å². The molecule has 1 atom stereocenters. The van der Waals surface area contributed by atoms with Crippen molar-refractivity contribution >= 4 is 35.4 Å². The summed E-state index contributed by atoms with van der Waals surface area (Å²) in [6.45, 7) is -1.73. The molecule has 2 aromatic carbocycles. The third-order valence-corrected chi connectivity index (χ3v) is 4.81. The quantitative estimate of drug-likeness (QED) is 0.407. The number of ether oxygens (including phenoxy) is 2. The fourth-order valence-corrected chi connectivity index (χ4v) is 3.34. The summed E-state index contributed by atoms with van der Waals surface area (Å²) in [6, 6.07) is 12.5. The lowest BCUT2D eigenvalue weighted by Crippen LogP contribution is -2.21. The van der Waals surface area contributed by atoms with Gasteiger partial charge in [-0.15, -0.1) is 0 Å². The smallest absolute Gasteiger partial charge is 0.353 e. The van der Waals surface area contributed by atoms with E-state index in [0.717, 1.165) is 36.8 Å². The van der Waals surface area contributed by atoms with Gasteiger partial charge in [0.1, 0.15) is 5.75 Å². The Morgan fingerprint density at radius 3 is 2.24 bits per heavy atom. The van der Waals surface area contributed by atoms with Crippen molar-refractivity contribution < 1.29 is 13.9 Å². The Bertz CT molecular complexity index is 705. The first-order chi connectivity index (χ1) is 12.1. The summed E-state index contributed by atoms with van der Waals surface area (Å²) in [7, 11) is 0. The largest absolute Gasteiger partial charge is 0.438 e. The van der Waals surface area contributed by atoms with E-state index in [4.69, 9.17) is 32.7 Å². The van der Waals surface area contributed by atoms with Crippen molar-refractivity contribution in [2.45, 2.75) is 38.3 Å². The van der Waals surface area contributed by atoms with E-state index in [1.807, 2.05) is 24.3 Å². The van der Waals surface area contributed by atoms with Gasteiger partial charge in [0.05, 0.1) is 6.10 Å².